The monoisotopic (exact) mass is 442 g/mol. The van der Waals surface area contributed by atoms with Gasteiger partial charge in [-0.05, 0) is 54.4 Å². The summed E-state index contributed by atoms with van der Waals surface area (Å²) in [7, 11) is 1.41. The number of phenolic OH excluding ortho intramolecular Hbond substituents is 1. The summed E-state index contributed by atoms with van der Waals surface area (Å²) < 4.78 is 16.2. The van der Waals surface area contributed by atoms with Gasteiger partial charge in [-0.1, -0.05) is 0 Å². The van der Waals surface area contributed by atoms with Crippen molar-refractivity contribution in [2.45, 2.75) is 32.9 Å². The first-order valence-electron chi connectivity index (χ1n) is 8.38. The number of esters is 1. The molecular formula is C18H23BrN2O6. The highest BCUT2D eigenvalue weighted by molar-refractivity contribution is 9.10. The first-order chi connectivity index (χ1) is 12.7. The first-order valence-corrected chi connectivity index (χ1v) is 9.17. The minimum Gasteiger partial charge on any atom is -0.503 e. The number of nitrogens with one attached hydrogen (secondary N) is 2. The molecule has 0 bridgehead atoms. The molecule has 0 radical (unpaired) electrons. The molecule has 1 unspecified atom stereocenters. The van der Waals surface area contributed by atoms with Crippen molar-refractivity contribution >= 4 is 27.9 Å². The highest BCUT2D eigenvalue weighted by atomic mass is 79.9. The number of halogens is 1. The van der Waals surface area contributed by atoms with E-state index in [0.29, 0.717) is 15.7 Å². The highest BCUT2D eigenvalue weighted by Gasteiger charge is 2.33. The van der Waals surface area contributed by atoms with Gasteiger partial charge in [-0.15, -0.1) is 0 Å². The number of urea groups is 1. The number of phenols is 1. The fourth-order valence-electron chi connectivity index (χ4n) is 2.63. The Morgan fingerprint density at radius 2 is 2.04 bits per heavy atom. The maximum atomic E-state index is 12.6. The lowest BCUT2D eigenvalue weighted by atomic mass is 9.95. The Balaban J connectivity index is 2.30. The van der Waals surface area contributed by atoms with Crippen molar-refractivity contribution in [1.82, 2.24) is 10.6 Å². The van der Waals surface area contributed by atoms with E-state index in [1.807, 2.05) is 13.8 Å². The van der Waals surface area contributed by atoms with Crippen molar-refractivity contribution in [2.75, 3.05) is 20.3 Å². The summed E-state index contributed by atoms with van der Waals surface area (Å²) in [5, 5.41) is 15.3. The van der Waals surface area contributed by atoms with E-state index in [9.17, 15) is 14.7 Å². The van der Waals surface area contributed by atoms with Crippen LogP contribution >= 0.6 is 15.9 Å². The van der Waals surface area contributed by atoms with Crippen LogP contribution in [-0.4, -0.2) is 43.5 Å². The SMILES string of the molecule is COc1cc(C2NC(=O)NC(C)=C2C(=O)OCCOC(C)C)cc(Br)c1O. The van der Waals surface area contributed by atoms with E-state index in [1.54, 1.807) is 19.1 Å². The molecular weight excluding hydrogens is 420 g/mol. The molecule has 1 atom stereocenters. The summed E-state index contributed by atoms with van der Waals surface area (Å²) in [5.74, 6) is -0.430. The van der Waals surface area contributed by atoms with Gasteiger partial charge in [-0.3, -0.25) is 0 Å². The van der Waals surface area contributed by atoms with E-state index in [1.165, 1.54) is 7.11 Å². The molecule has 1 heterocycles. The van der Waals surface area contributed by atoms with Crippen LogP contribution in [0.25, 0.3) is 0 Å². The highest BCUT2D eigenvalue weighted by Crippen LogP contribution is 2.39. The third-order valence-electron chi connectivity index (χ3n) is 3.86. The van der Waals surface area contributed by atoms with Crippen molar-refractivity contribution < 1.29 is 28.9 Å². The van der Waals surface area contributed by atoms with E-state index in [4.69, 9.17) is 14.2 Å². The number of methoxy groups -OCH3 is 1. The van der Waals surface area contributed by atoms with Gasteiger partial charge in [0.1, 0.15) is 6.61 Å². The third-order valence-corrected chi connectivity index (χ3v) is 4.47. The van der Waals surface area contributed by atoms with Gasteiger partial charge in [0.25, 0.3) is 0 Å². The second-order valence-corrected chi connectivity index (χ2v) is 7.03. The smallest absolute Gasteiger partial charge is 0.338 e. The third kappa shape index (κ3) is 5.14. The predicted molar refractivity (Wildman–Crippen MR) is 102 cm³/mol. The van der Waals surface area contributed by atoms with Crippen LogP contribution in [0.15, 0.2) is 27.9 Å². The number of aromatic hydroxyl groups is 1. The van der Waals surface area contributed by atoms with Crippen molar-refractivity contribution in [3.05, 3.63) is 33.4 Å². The fourth-order valence-corrected chi connectivity index (χ4v) is 3.09. The fraction of sp³-hybridized carbons (Fsp3) is 0.444. The number of carbonyl (C=O) groups is 2. The summed E-state index contributed by atoms with van der Waals surface area (Å²) in [6.07, 6.45) is 0.0369. The molecule has 27 heavy (non-hydrogen) atoms. The topological polar surface area (TPSA) is 106 Å². The summed E-state index contributed by atoms with van der Waals surface area (Å²) in [4.78, 5) is 24.6. The molecule has 3 N–H and O–H groups in total. The summed E-state index contributed by atoms with van der Waals surface area (Å²) in [6.45, 7) is 5.78. The Morgan fingerprint density at radius 1 is 1.33 bits per heavy atom. The Morgan fingerprint density at radius 3 is 2.67 bits per heavy atom. The Hall–Kier alpha value is -2.26. The average Bonchev–Trinajstić information content (AvgIpc) is 2.59. The van der Waals surface area contributed by atoms with Gasteiger partial charge in [0.2, 0.25) is 0 Å². The van der Waals surface area contributed by atoms with E-state index >= 15 is 0 Å². The molecule has 1 aromatic carbocycles. The molecule has 0 aromatic heterocycles. The molecule has 148 valence electrons. The van der Waals surface area contributed by atoms with Crippen LogP contribution in [0.4, 0.5) is 4.79 Å². The molecule has 1 aliphatic rings. The number of allylic oxidation sites excluding steroid dienone is 1. The van der Waals surface area contributed by atoms with Crippen LogP contribution < -0.4 is 15.4 Å². The Kier molecular flexibility index (Phi) is 7.09. The van der Waals surface area contributed by atoms with Crippen molar-refractivity contribution in [3.8, 4) is 11.5 Å². The van der Waals surface area contributed by atoms with Gasteiger partial charge in [0.05, 0.1) is 35.9 Å². The molecule has 2 rings (SSSR count). The molecule has 0 saturated carbocycles. The molecule has 1 aliphatic heterocycles. The van der Waals surface area contributed by atoms with E-state index < -0.39 is 18.0 Å². The molecule has 8 nitrogen and oxygen atoms in total. The second kappa shape index (κ2) is 9.09. The number of benzene rings is 1. The predicted octanol–water partition coefficient (Wildman–Crippen LogP) is 2.76. The van der Waals surface area contributed by atoms with Gasteiger partial charge in [-0.25, -0.2) is 9.59 Å². The number of hydrogen-bond donors (Lipinski definition) is 3. The minimum absolute atomic E-state index is 0.0369. The number of carbonyl (C=O) groups excluding carboxylic acids is 2. The number of hydrogen-bond acceptors (Lipinski definition) is 6. The molecule has 9 heteroatoms. The normalized spacial score (nSPS) is 16.8. The number of ether oxygens (including phenoxy) is 3. The van der Waals surface area contributed by atoms with Gasteiger partial charge in [-0.2, -0.15) is 0 Å². The van der Waals surface area contributed by atoms with Gasteiger partial charge < -0.3 is 30.0 Å². The van der Waals surface area contributed by atoms with Crippen LogP contribution in [0.1, 0.15) is 32.4 Å². The van der Waals surface area contributed by atoms with Gasteiger partial charge >= 0.3 is 12.0 Å². The maximum absolute atomic E-state index is 12.6. The van der Waals surface area contributed by atoms with Crippen molar-refractivity contribution in [2.24, 2.45) is 0 Å². The largest absolute Gasteiger partial charge is 0.503 e. The molecule has 1 aromatic rings. The molecule has 0 saturated heterocycles. The van der Waals surface area contributed by atoms with Crippen LogP contribution in [0.2, 0.25) is 0 Å². The zero-order chi connectivity index (χ0) is 20.1. The lowest BCUT2D eigenvalue weighted by Gasteiger charge is -2.28. The summed E-state index contributed by atoms with van der Waals surface area (Å²) in [5.41, 5.74) is 1.21. The second-order valence-electron chi connectivity index (χ2n) is 6.18. The van der Waals surface area contributed by atoms with Crippen LogP contribution in [-0.2, 0) is 14.3 Å². The zero-order valence-electron chi connectivity index (χ0n) is 15.6. The first kappa shape index (κ1) is 21.0. The summed E-state index contributed by atoms with van der Waals surface area (Å²) >= 11 is 3.25. The lowest BCUT2D eigenvalue weighted by Crippen LogP contribution is -2.45. The Bertz CT molecular complexity index is 762. The zero-order valence-corrected chi connectivity index (χ0v) is 17.2. The van der Waals surface area contributed by atoms with Crippen LogP contribution in [0.3, 0.4) is 0 Å². The standard InChI is InChI=1S/C18H23BrN2O6/c1-9(2)26-5-6-27-17(23)14-10(3)20-18(24)21-15(14)11-7-12(19)16(22)13(8-11)25-4/h7-9,15,22H,5-6H2,1-4H3,(H2,20,21,24). The molecule has 0 aliphatic carbocycles. The number of rotatable bonds is 7. The summed E-state index contributed by atoms with van der Waals surface area (Å²) in [6, 6.07) is 1.96. The molecule has 0 fully saturated rings. The number of amides is 2. The molecule has 2 amide bonds. The Labute approximate surface area is 166 Å². The molecule has 0 spiro atoms. The lowest BCUT2D eigenvalue weighted by molar-refractivity contribution is -0.141. The van der Waals surface area contributed by atoms with Crippen molar-refractivity contribution in [3.63, 3.8) is 0 Å². The van der Waals surface area contributed by atoms with E-state index in [0.717, 1.165) is 0 Å². The average molecular weight is 443 g/mol. The van der Waals surface area contributed by atoms with Crippen LogP contribution in [0.5, 0.6) is 11.5 Å². The maximum Gasteiger partial charge on any atom is 0.338 e. The van der Waals surface area contributed by atoms with Crippen molar-refractivity contribution in [1.29, 1.82) is 0 Å². The van der Waals surface area contributed by atoms with Gasteiger partial charge in [0.15, 0.2) is 11.5 Å². The minimum atomic E-state index is -0.761. The van der Waals surface area contributed by atoms with Gasteiger partial charge in [0, 0.05) is 5.70 Å². The van der Waals surface area contributed by atoms with E-state index in [2.05, 4.69) is 26.6 Å². The van der Waals surface area contributed by atoms with E-state index in [-0.39, 0.29) is 36.4 Å². The quantitative estimate of drug-likeness (QED) is 0.442. The van der Waals surface area contributed by atoms with Crippen LogP contribution in [0, 0.1) is 0 Å².